The van der Waals surface area contributed by atoms with Crippen LogP contribution in [0, 0.1) is 0 Å². The number of hydrogen-bond donors (Lipinski definition) is 2. The zero-order valence-corrected chi connectivity index (χ0v) is 11.0. The minimum Gasteiger partial charge on any atom is -0.352 e. The molecular weight excluding hydrogens is 259 g/mol. The Kier molecular flexibility index (Phi) is 5.75. The van der Waals surface area contributed by atoms with E-state index in [0.29, 0.717) is 11.4 Å². The Morgan fingerprint density at radius 1 is 1.47 bits per heavy atom. The van der Waals surface area contributed by atoms with E-state index in [1.165, 1.54) is 0 Å². The van der Waals surface area contributed by atoms with Crippen molar-refractivity contribution in [2.75, 3.05) is 13.1 Å². The normalized spacial score (nSPS) is 18.5. The highest BCUT2D eigenvalue weighted by molar-refractivity contribution is 6.31. The maximum absolute atomic E-state index is 11.7. The molecule has 2 rings (SSSR count). The van der Waals surface area contributed by atoms with Crippen molar-refractivity contribution in [3.8, 4) is 0 Å². The van der Waals surface area contributed by atoms with Crippen molar-refractivity contribution < 1.29 is 4.79 Å². The average Bonchev–Trinajstić information content (AvgIpc) is 2.74. The lowest BCUT2D eigenvalue weighted by Gasteiger charge is -2.11. The molecule has 94 valence electrons. The summed E-state index contributed by atoms with van der Waals surface area (Å²) in [5.74, 6) is 0.0433. The number of benzene rings is 1. The SMILES string of the molecule is Cl.O=C(Cc1ccccc1Cl)NC1CCNC1. The fraction of sp³-hybridized carbons (Fsp3) is 0.417. The van der Waals surface area contributed by atoms with Crippen molar-refractivity contribution in [1.29, 1.82) is 0 Å². The lowest BCUT2D eigenvalue weighted by atomic mass is 10.1. The molecule has 0 spiro atoms. The van der Waals surface area contributed by atoms with Gasteiger partial charge in [-0.15, -0.1) is 12.4 Å². The third-order valence-corrected chi connectivity index (χ3v) is 3.10. The molecule has 5 heteroatoms. The fourth-order valence-corrected chi connectivity index (χ4v) is 2.07. The Labute approximate surface area is 112 Å². The first kappa shape index (κ1) is 14.3. The number of hydrogen-bond acceptors (Lipinski definition) is 2. The van der Waals surface area contributed by atoms with Gasteiger partial charge in [0.25, 0.3) is 0 Å². The predicted octanol–water partition coefficient (Wildman–Crippen LogP) is 1.78. The van der Waals surface area contributed by atoms with Crippen molar-refractivity contribution in [3.05, 3.63) is 34.9 Å². The highest BCUT2D eigenvalue weighted by Gasteiger charge is 2.16. The van der Waals surface area contributed by atoms with Gasteiger partial charge >= 0.3 is 0 Å². The number of carbonyl (C=O) groups excluding carboxylic acids is 1. The zero-order chi connectivity index (χ0) is 11.4. The summed E-state index contributed by atoms with van der Waals surface area (Å²) in [6.07, 6.45) is 1.37. The van der Waals surface area contributed by atoms with Crippen LogP contribution in [0.25, 0.3) is 0 Å². The Hall–Kier alpha value is -0.770. The number of carbonyl (C=O) groups is 1. The second-order valence-corrected chi connectivity index (χ2v) is 4.43. The van der Waals surface area contributed by atoms with Crippen LogP contribution in [0.4, 0.5) is 0 Å². The van der Waals surface area contributed by atoms with Crippen LogP contribution in [-0.4, -0.2) is 25.0 Å². The topological polar surface area (TPSA) is 41.1 Å². The third-order valence-electron chi connectivity index (χ3n) is 2.73. The molecule has 1 atom stereocenters. The molecule has 17 heavy (non-hydrogen) atoms. The first-order chi connectivity index (χ1) is 7.75. The van der Waals surface area contributed by atoms with Crippen LogP contribution in [-0.2, 0) is 11.2 Å². The second kappa shape index (κ2) is 6.84. The van der Waals surface area contributed by atoms with Gasteiger partial charge in [-0.2, -0.15) is 0 Å². The molecule has 0 aromatic heterocycles. The lowest BCUT2D eigenvalue weighted by molar-refractivity contribution is -0.121. The largest absolute Gasteiger partial charge is 0.352 e. The average molecular weight is 275 g/mol. The van der Waals surface area contributed by atoms with E-state index in [4.69, 9.17) is 11.6 Å². The van der Waals surface area contributed by atoms with E-state index in [1.807, 2.05) is 18.2 Å². The Morgan fingerprint density at radius 3 is 2.88 bits per heavy atom. The summed E-state index contributed by atoms with van der Waals surface area (Å²) in [4.78, 5) is 11.7. The summed E-state index contributed by atoms with van der Waals surface area (Å²) < 4.78 is 0. The fourth-order valence-electron chi connectivity index (χ4n) is 1.87. The van der Waals surface area contributed by atoms with Gasteiger partial charge in [0.15, 0.2) is 0 Å². The third kappa shape index (κ3) is 4.19. The molecule has 1 aromatic carbocycles. The molecule has 1 fully saturated rings. The molecular formula is C12H16Cl2N2O. The number of halogens is 2. The monoisotopic (exact) mass is 274 g/mol. The summed E-state index contributed by atoms with van der Waals surface area (Å²) in [6, 6.07) is 7.72. The lowest BCUT2D eigenvalue weighted by Crippen LogP contribution is -2.37. The van der Waals surface area contributed by atoms with E-state index in [0.717, 1.165) is 25.1 Å². The molecule has 1 aliphatic rings. The standard InChI is InChI=1S/C12H15ClN2O.ClH/c13-11-4-2-1-3-9(11)7-12(16)15-10-5-6-14-8-10;/h1-4,10,14H,5-8H2,(H,15,16);1H. The minimum atomic E-state index is 0. The van der Waals surface area contributed by atoms with Gasteiger partial charge in [-0.3, -0.25) is 4.79 Å². The van der Waals surface area contributed by atoms with Gasteiger partial charge < -0.3 is 10.6 Å². The van der Waals surface area contributed by atoms with Gasteiger partial charge in [-0.05, 0) is 24.6 Å². The first-order valence-corrected chi connectivity index (χ1v) is 5.87. The van der Waals surface area contributed by atoms with E-state index in [-0.39, 0.29) is 24.4 Å². The van der Waals surface area contributed by atoms with Gasteiger partial charge in [0.1, 0.15) is 0 Å². The van der Waals surface area contributed by atoms with Crippen LogP contribution in [0.15, 0.2) is 24.3 Å². The summed E-state index contributed by atoms with van der Waals surface area (Å²) in [6.45, 7) is 1.85. The van der Waals surface area contributed by atoms with Gasteiger partial charge in [0.05, 0.1) is 6.42 Å². The van der Waals surface area contributed by atoms with Crippen molar-refractivity contribution in [3.63, 3.8) is 0 Å². The Morgan fingerprint density at radius 2 is 2.24 bits per heavy atom. The van der Waals surface area contributed by atoms with E-state index in [9.17, 15) is 4.79 Å². The van der Waals surface area contributed by atoms with Gasteiger partial charge in [-0.25, -0.2) is 0 Å². The molecule has 0 radical (unpaired) electrons. The molecule has 2 N–H and O–H groups in total. The molecule has 1 aliphatic heterocycles. The van der Waals surface area contributed by atoms with Crippen molar-refractivity contribution in [2.45, 2.75) is 18.9 Å². The van der Waals surface area contributed by atoms with Gasteiger partial charge in [0.2, 0.25) is 5.91 Å². The molecule has 1 saturated heterocycles. The van der Waals surface area contributed by atoms with E-state index in [1.54, 1.807) is 6.07 Å². The number of amides is 1. The molecule has 3 nitrogen and oxygen atoms in total. The maximum atomic E-state index is 11.7. The van der Waals surface area contributed by atoms with Crippen LogP contribution >= 0.6 is 24.0 Å². The molecule has 1 heterocycles. The summed E-state index contributed by atoms with van der Waals surface area (Å²) in [7, 11) is 0. The highest BCUT2D eigenvalue weighted by Crippen LogP contribution is 2.15. The molecule has 1 unspecified atom stereocenters. The minimum absolute atomic E-state index is 0. The van der Waals surface area contributed by atoms with E-state index < -0.39 is 0 Å². The van der Waals surface area contributed by atoms with E-state index in [2.05, 4.69) is 10.6 Å². The molecule has 0 saturated carbocycles. The Balaban J connectivity index is 0.00000144. The number of nitrogens with one attached hydrogen (secondary N) is 2. The van der Waals surface area contributed by atoms with E-state index >= 15 is 0 Å². The summed E-state index contributed by atoms with van der Waals surface area (Å²) >= 11 is 5.99. The second-order valence-electron chi connectivity index (χ2n) is 4.03. The molecule has 1 amide bonds. The van der Waals surface area contributed by atoms with Crippen LogP contribution in [0.1, 0.15) is 12.0 Å². The molecule has 0 aliphatic carbocycles. The molecule has 1 aromatic rings. The quantitative estimate of drug-likeness (QED) is 0.883. The van der Waals surface area contributed by atoms with Crippen LogP contribution in [0.2, 0.25) is 5.02 Å². The van der Waals surface area contributed by atoms with Crippen LogP contribution < -0.4 is 10.6 Å². The van der Waals surface area contributed by atoms with Crippen molar-refractivity contribution in [2.24, 2.45) is 0 Å². The van der Waals surface area contributed by atoms with Crippen molar-refractivity contribution in [1.82, 2.24) is 10.6 Å². The predicted molar refractivity (Wildman–Crippen MR) is 71.8 cm³/mol. The summed E-state index contributed by atoms with van der Waals surface area (Å²) in [5.41, 5.74) is 0.882. The molecule has 0 bridgehead atoms. The van der Waals surface area contributed by atoms with Crippen LogP contribution in [0.3, 0.4) is 0 Å². The van der Waals surface area contributed by atoms with Gasteiger partial charge in [-0.1, -0.05) is 29.8 Å². The van der Waals surface area contributed by atoms with Gasteiger partial charge in [0, 0.05) is 17.6 Å². The van der Waals surface area contributed by atoms with Crippen LogP contribution in [0.5, 0.6) is 0 Å². The smallest absolute Gasteiger partial charge is 0.224 e. The van der Waals surface area contributed by atoms with Crippen molar-refractivity contribution >= 4 is 29.9 Å². The maximum Gasteiger partial charge on any atom is 0.224 e. The summed E-state index contributed by atoms with van der Waals surface area (Å²) in [5, 5.41) is 6.86. The highest BCUT2D eigenvalue weighted by atomic mass is 35.5. The first-order valence-electron chi connectivity index (χ1n) is 5.49. The zero-order valence-electron chi connectivity index (χ0n) is 9.41. The number of rotatable bonds is 3. The Bertz CT molecular complexity index is 379.